The molecule has 0 rings (SSSR count). The Morgan fingerprint density at radius 1 is 0.388 bits per heavy atom. The van der Waals surface area contributed by atoms with Crippen LogP contribution >= 0.6 is 7.82 Å². The Morgan fingerprint density at radius 2 is 0.675 bits per heavy atom. The second-order valence-corrected chi connectivity index (χ2v) is 24.1. The fourth-order valence-electron chi connectivity index (χ4n) is 8.85. The number of phosphoric ester groups is 1. The van der Waals surface area contributed by atoms with Gasteiger partial charge in [0, 0.05) is 12.8 Å². The molecule has 10 heteroatoms. The van der Waals surface area contributed by atoms with E-state index in [1.807, 2.05) is 21.1 Å². The minimum atomic E-state index is -4.64. The Kier molecular flexibility index (Phi) is 57.8. The zero-order valence-corrected chi connectivity index (χ0v) is 53.1. The van der Waals surface area contributed by atoms with Crippen molar-refractivity contribution < 1.29 is 42.1 Å². The van der Waals surface area contributed by atoms with E-state index in [0.29, 0.717) is 17.4 Å². The SMILES string of the molecule is CC/C=C\C/C=C\C/C=C\C/C=C\C/C=C\C/C=C\CCCCCCCCCCCCCCCCCCCCCCC(=O)OC(COC(=O)CCCCCCCCC/C=C\C/C=C\C/C=C\CC)COP(=O)([O-])OCC[N+](C)(C)C. The highest BCUT2D eigenvalue weighted by molar-refractivity contribution is 7.45. The van der Waals surface area contributed by atoms with Gasteiger partial charge >= 0.3 is 11.9 Å². The van der Waals surface area contributed by atoms with Gasteiger partial charge in [-0.3, -0.25) is 14.2 Å². The van der Waals surface area contributed by atoms with E-state index in [4.69, 9.17) is 18.5 Å². The molecule has 0 saturated heterocycles. The quantitative estimate of drug-likeness (QED) is 0.0195. The van der Waals surface area contributed by atoms with Gasteiger partial charge in [0.2, 0.25) is 0 Å². The van der Waals surface area contributed by atoms with Crippen molar-refractivity contribution in [3.8, 4) is 0 Å². The fraction of sp³-hybridized carbons (Fsp3) is 0.714. The molecular formula is C70H122NO8P. The smallest absolute Gasteiger partial charge is 0.306 e. The van der Waals surface area contributed by atoms with Crippen LogP contribution in [-0.4, -0.2) is 70.0 Å². The molecule has 0 aliphatic rings. The normalized spacial score (nSPS) is 13.9. The van der Waals surface area contributed by atoms with Gasteiger partial charge < -0.3 is 27.9 Å². The molecule has 0 radical (unpaired) electrons. The van der Waals surface area contributed by atoms with Crippen molar-refractivity contribution >= 4 is 19.8 Å². The largest absolute Gasteiger partial charge is 0.756 e. The monoisotopic (exact) mass is 1140 g/mol. The van der Waals surface area contributed by atoms with Crippen LogP contribution in [0.4, 0.5) is 0 Å². The summed E-state index contributed by atoms with van der Waals surface area (Å²) >= 11 is 0. The molecule has 0 bridgehead atoms. The molecule has 0 heterocycles. The number of rotatable bonds is 59. The van der Waals surface area contributed by atoms with Crippen molar-refractivity contribution in [1.29, 1.82) is 0 Å². The summed E-state index contributed by atoms with van der Waals surface area (Å²) in [5.41, 5.74) is 0. The zero-order chi connectivity index (χ0) is 58.4. The second-order valence-electron chi connectivity index (χ2n) is 22.7. The van der Waals surface area contributed by atoms with Crippen LogP contribution in [0.1, 0.15) is 271 Å². The van der Waals surface area contributed by atoms with E-state index in [1.165, 1.54) is 128 Å². The van der Waals surface area contributed by atoms with Gasteiger partial charge in [-0.15, -0.1) is 0 Å². The fourth-order valence-corrected chi connectivity index (χ4v) is 9.58. The van der Waals surface area contributed by atoms with E-state index in [-0.39, 0.29) is 26.1 Å². The van der Waals surface area contributed by atoms with Gasteiger partial charge in [0.15, 0.2) is 6.10 Å². The molecule has 0 saturated carbocycles. The Bertz CT molecular complexity index is 1720. The minimum absolute atomic E-state index is 0.0353. The van der Waals surface area contributed by atoms with Crippen molar-refractivity contribution in [2.24, 2.45) is 0 Å². The van der Waals surface area contributed by atoms with Crippen LogP contribution in [0.15, 0.2) is 109 Å². The third kappa shape index (κ3) is 63.8. The predicted molar refractivity (Wildman–Crippen MR) is 342 cm³/mol. The average molecular weight is 1140 g/mol. The molecule has 0 spiro atoms. The van der Waals surface area contributed by atoms with E-state index in [1.54, 1.807) is 0 Å². The summed E-state index contributed by atoms with van der Waals surface area (Å²) in [6.45, 7) is 4.01. The van der Waals surface area contributed by atoms with Gasteiger partial charge in [0.25, 0.3) is 7.82 Å². The topological polar surface area (TPSA) is 111 Å². The lowest BCUT2D eigenvalue weighted by Crippen LogP contribution is -2.37. The van der Waals surface area contributed by atoms with Crippen molar-refractivity contribution in [2.45, 2.75) is 277 Å². The number of phosphoric acid groups is 1. The van der Waals surface area contributed by atoms with Crippen LogP contribution in [0.25, 0.3) is 0 Å². The van der Waals surface area contributed by atoms with Gasteiger partial charge in [-0.25, -0.2) is 0 Å². The number of unbranched alkanes of at least 4 members (excludes halogenated alkanes) is 27. The first-order valence-electron chi connectivity index (χ1n) is 32.6. The maximum atomic E-state index is 12.8. The van der Waals surface area contributed by atoms with Gasteiger partial charge in [0.1, 0.15) is 19.8 Å². The van der Waals surface area contributed by atoms with Crippen molar-refractivity contribution in [2.75, 3.05) is 47.5 Å². The maximum absolute atomic E-state index is 12.8. The lowest BCUT2D eigenvalue weighted by Gasteiger charge is -2.28. The Balaban J connectivity index is 3.98. The average Bonchev–Trinajstić information content (AvgIpc) is 3.42. The zero-order valence-electron chi connectivity index (χ0n) is 52.2. The summed E-state index contributed by atoms with van der Waals surface area (Å²) in [6, 6.07) is 0. The first-order chi connectivity index (χ1) is 39.0. The summed E-state index contributed by atoms with van der Waals surface area (Å²) in [6.07, 6.45) is 84.5. The van der Waals surface area contributed by atoms with E-state index < -0.39 is 32.5 Å². The molecule has 0 amide bonds. The molecule has 0 aromatic carbocycles. The van der Waals surface area contributed by atoms with Gasteiger partial charge in [-0.2, -0.15) is 0 Å². The molecule has 0 aromatic heterocycles. The number of carbonyl (C=O) groups excluding carboxylic acids is 2. The standard InChI is InChI=1S/C70H122NO8P/c1-6-8-10-12-14-16-18-20-22-24-25-26-27-28-29-30-31-32-33-34-35-36-37-38-39-40-41-42-43-44-45-47-49-51-53-55-57-59-61-63-70(73)79-68(67-78-80(74,75)77-65-64-71(3,4)5)66-76-69(72)62-60-58-56-54-52-50-48-46-23-21-19-17-15-13-11-9-7-2/h8-11,14-17,20-23,25-26,28-29,31-32,68H,6-7,12-13,18-19,24,27,30,33-67H2,1-5H3/b10-8-,11-9-,16-14-,17-15-,22-20-,23-21-,26-25-,29-28-,32-31-. The van der Waals surface area contributed by atoms with Crippen LogP contribution in [-0.2, 0) is 32.7 Å². The number of quaternary nitrogens is 1. The molecule has 0 aliphatic carbocycles. The van der Waals surface area contributed by atoms with Crippen LogP contribution in [0.2, 0.25) is 0 Å². The van der Waals surface area contributed by atoms with Gasteiger partial charge in [-0.1, -0.05) is 271 Å². The molecule has 0 aromatic rings. The minimum Gasteiger partial charge on any atom is -0.756 e. The predicted octanol–water partition coefficient (Wildman–Crippen LogP) is 20.3. The summed E-state index contributed by atoms with van der Waals surface area (Å²) in [5.74, 6) is -0.841. The van der Waals surface area contributed by atoms with E-state index in [0.717, 1.165) is 109 Å². The molecule has 0 aliphatic heterocycles. The first kappa shape index (κ1) is 76.7. The third-order valence-electron chi connectivity index (χ3n) is 13.8. The first-order valence-corrected chi connectivity index (χ1v) is 34.1. The Hall–Kier alpha value is -3.33. The van der Waals surface area contributed by atoms with Crippen LogP contribution in [0.3, 0.4) is 0 Å². The molecule has 2 atom stereocenters. The van der Waals surface area contributed by atoms with Crippen molar-refractivity contribution in [3.63, 3.8) is 0 Å². The molecular weight excluding hydrogens is 1010 g/mol. The van der Waals surface area contributed by atoms with Crippen LogP contribution < -0.4 is 4.89 Å². The molecule has 0 N–H and O–H groups in total. The number of allylic oxidation sites excluding steroid dienone is 18. The van der Waals surface area contributed by atoms with Crippen LogP contribution in [0.5, 0.6) is 0 Å². The number of nitrogens with zero attached hydrogens (tertiary/aromatic N) is 1. The molecule has 80 heavy (non-hydrogen) atoms. The summed E-state index contributed by atoms with van der Waals surface area (Å²) < 4.78 is 34.2. The highest BCUT2D eigenvalue weighted by atomic mass is 31.2. The number of carbonyl (C=O) groups is 2. The number of likely N-dealkylation sites (N-methyl/N-ethyl adjacent to an activating group) is 1. The molecule has 9 nitrogen and oxygen atoms in total. The van der Waals surface area contributed by atoms with E-state index in [2.05, 4.69) is 123 Å². The Morgan fingerprint density at radius 3 is 1.00 bits per heavy atom. The number of hydrogen-bond donors (Lipinski definition) is 0. The number of hydrogen-bond acceptors (Lipinski definition) is 8. The van der Waals surface area contributed by atoms with Crippen LogP contribution in [0, 0.1) is 0 Å². The molecule has 2 unspecified atom stereocenters. The number of esters is 2. The van der Waals surface area contributed by atoms with Gasteiger partial charge in [0.05, 0.1) is 27.7 Å². The number of ether oxygens (including phenoxy) is 2. The summed E-state index contributed by atoms with van der Waals surface area (Å²) in [5, 5.41) is 0. The molecule has 460 valence electrons. The summed E-state index contributed by atoms with van der Waals surface area (Å²) in [7, 11) is 1.16. The maximum Gasteiger partial charge on any atom is 0.306 e. The second kappa shape index (κ2) is 60.3. The Labute approximate surface area is 493 Å². The van der Waals surface area contributed by atoms with Gasteiger partial charge in [-0.05, 0) is 96.3 Å². The lowest BCUT2D eigenvalue weighted by atomic mass is 10.0. The van der Waals surface area contributed by atoms with Crippen molar-refractivity contribution in [3.05, 3.63) is 109 Å². The lowest BCUT2D eigenvalue weighted by molar-refractivity contribution is -0.870. The summed E-state index contributed by atoms with van der Waals surface area (Å²) in [4.78, 5) is 37.9. The highest BCUT2D eigenvalue weighted by Gasteiger charge is 2.22. The van der Waals surface area contributed by atoms with E-state index in [9.17, 15) is 19.0 Å². The van der Waals surface area contributed by atoms with Crippen molar-refractivity contribution in [1.82, 2.24) is 0 Å². The van der Waals surface area contributed by atoms with E-state index >= 15 is 0 Å². The highest BCUT2D eigenvalue weighted by Crippen LogP contribution is 2.38. The molecule has 0 fully saturated rings. The third-order valence-corrected chi connectivity index (χ3v) is 14.8.